The van der Waals surface area contributed by atoms with Crippen LogP contribution in [0.3, 0.4) is 0 Å². The Morgan fingerprint density at radius 1 is 0.909 bits per heavy atom. The minimum atomic E-state index is -4.50. The molecule has 2 aromatic carbocycles. The number of esters is 1. The van der Waals surface area contributed by atoms with Crippen molar-refractivity contribution in [2.75, 3.05) is 23.8 Å². The van der Waals surface area contributed by atoms with Gasteiger partial charge in [-0.3, -0.25) is 14.4 Å². The zero-order chi connectivity index (χ0) is 24.6. The third-order valence-corrected chi connectivity index (χ3v) is 5.44. The standard InChI is InChI=1S/C20H20F3N3O6S/c1-13(27)25-15-6-8-17(9-7-15)33(30,31)24-11-10-19(29)32-12-18(28)26-16-4-2-14(3-5-16)20(21,22)23/h2-9,24H,10-12H2,1H3,(H,25,27)(H,26,28). The highest BCUT2D eigenvalue weighted by atomic mass is 32.2. The summed E-state index contributed by atoms with van der Waals surface area (Å²) in [6, 6.07) is 9.05. The molecule has 0 fully saturated rings. The number of nitrogens with one attached hydrogen (secondary N) is 3. The number of amides is 2. The van der Waals surface area contributed by atoms with Crippen molar-refractivity contribution in [3.8, 4) is 0 Å². The average molecular weight is 487 g/mol. The van der Waals surface area contributed by atoms with Crippen molar-refractivity contribution < 1.29 is 40.7 Å². The summed E-state index contributed by atoms with van der Waals surface area (Å²) >= 11 is 0. The molecule has 0 radical (unpaired) electrons. The summed E-state index contributed by atoms with van der Waals surface area (Å²) in [5.41, 5.74) is -0.376. The van der Waals surface area contributed by atoms with E-state index in [2.05, 4.69) is 15.4 Å². The van der Waals surface area contributed by atoms with Crippen LogP contribution in [0.25, 0.3) is 0 Å². The average Bonchev–Trinajstić information content (AvgIpc) is 2.72. The molecule has 0 saturated heterocycles. The first-order valence-corrected chi connectivity index (χ1v) is 10.9. The van der Waals surface area contributed by atoms with Crippen LogP contribution in [-0.4, -0.2) is 39.4 Å². The van der Waals surface area contributed by atoms with Crippen LogP contribution < -0.4 is 15.4 Å². The summed E-state index contributed by atoms with van der Waals surface area (Å²) in [5, 5.41) is 4.77. The van der Waals surface area contributed by atoms with E-state index in [1.165, 1.54) is 31.2 Å². The van der Waals surface area contributed by atoms with Crippen LogP contribution in [-0.2, 0) is 35.3 Å². The molecule has 2 aromatic rings. The highest BCUT2D eigenvalue weighted by Gasteiger charge is 2.30. The molecule has 3 N–H and O–H groups in total. The van der Waals surface area contributed by atoms with Gasteiger partial charge in [0.05, 0.1) is 16.9 Å². The molecule has 0 aromatic heterocycles. The zero-order valence-electron chi connectivity index (χ0n) is 17.2. The fourth-order valence-electron chi connectivity index (χ4n) is 2.45. The molecule has 0 atom stereocenters. The van der Waals surface area contributed by atoms with Crippen LogP contribution in [0, 0.1) is 0 Å². The molecule has 33 heavy (non-hydrogen) atoms. The lowest BCUT2D eigenvalue weighted by atomic mass is 10.2. The predicted octanol–water partition coefficient (Wildman–Crippen LogP) is 2.51. The van der Waals surface area contributed by atoms with Crippen LogP contribution in [0.1, 0.15) is 18.9 Å². The third-order valence-electron chi connectivity index (χ3n) is 3.97. The van der Waals surface area contributed by atoms with Gasteiger partial charge in [0, 0.05) is 24.8 Å². The number of hydrogen-bond acceptors (Lipinski definition) is 6. The molecule has 0 aliphatic heterocycles. The van der Waals surface area contributed by atoms with Gasteiger partial charge in [-0.1, -0.05) is 0 Å². The molecular weight excluding hydrogens is 467 g/mol. The van der Waals surface area contributed by atoms with E-state index >= 15 is 0 Å². The Labute approximate surface area is 187 Å². The quantitative estimate of drug-likeness (QED) is 0.466. The number of hydrogen-bond donors (Lipinski definition) is 3. The molecule has 0 aliphatic rings. The largest absolute Gasteiger partial charge is 0.456 e. The lowest BCUT2D eigenvalue weighted by molar-refractivity contribution is -0.147. The molecule has 0 unspecified atom stereocenters. The molecule has 0 heterocycles. The van der Waals surface area contributed by atoms with Gasteiger partial charge >= 0.3 is 12.1 Å². The maximum atomic E-state index is 12.5. The Kier molecular flexibility index (Phi) is 8.54. The number of halogens is 3. The van der Waals surface area contributed by atoms with Gasteiger partial charge in [0.15, 0.2) is 6.61 Å². The summed E-state index contributed by atoms with van der Waals surface area (Å²) in [6.45, 7) is 0.315. The summed E-state index contributed by atoms with van der Waals surface area (Å²) in [7, 11) is -3.92. The normalized spacial score (nSPS) is 11.5. The summed E-state index contributed by atoms with van der Waals surface area (Å²) < 4.78 is 68.9. The number of anilines is 2. The minimum absolute atomic E-state index is 0.0825. The molecule has 13 heteroatoms. The Balaban J connectivity index is 1.75. The molecule has 9 nitrogen and oxygen atoms in total. The van der Waals surface area contributed by atoms with Crippen molar-refractivity contribution in [3.63, 3.8) is 0 Å². The van der Waals surface area contributed by atoms with Crippen LogP contribution in [0.5, 0.6) is 0 Å². The minimum Gasteiger partial charge on any atom is -0.456 e. The van der Waals surface area contributed by atoms with E-state index in [4.69, 9.17) is 4.74 Å². The molecule has 0 spiro atoms. The molecule has 178 valence electrons. The van der Waals surface area contributed by atoms with Crippen LogP contribution in [0.4, 0.5) is 24.5 Å². The van der Waals surface area contributed by atoms with Crippen LogP contribution >= 0.6 is 0 Å². The first-order valence-electron chi connectivity index (χ1n) is 9.37. The number of ether oxygens (including phenoxy) is 1. The highest BCUT2D eigenvalue weighted by molar-refractivity contribution is 7.89. The van der Waals surface area contributed by atoms with Crippen LogP contribution in [0.2, 0.25) is 0 Å². The van der Waals surface area contributed by atoms with Crippen molar-refractivity contribution in [3.05, 3.63) is 54.1 Å². The fourth-order valence-corrected chi connectivity index (χ4v) is 3.48. The van der Waals surface area contributed by atoms with Gasteiger partial charge in [0.2, 0.25) is 15.9 Å². The fraction of sp³-hybridized carbons (Fsp3) is 0.250. The van der Waals surface area contributed by atoms with E-state index in [-0.39, 0.29) is 29.5 Å². The first-order chi connectivity index (χ1) is 15.4. The van der Waals surface area contributed by atoms with Crippen molar-refractivity contribution in [1.82, 2.24) is 4.72 Å². The van der Waals surface area contributed by atoms with Crippen molar-refractivity contribution >= 4 is 39.2 Å². The Bertz CT molecular complexity index is 1100. The molecule has 0 saturated carbocycles. The number of carbonyl (C=O) groups is 3. The maximum Gasteiger partial charge on any atom is 0.416 e. The number of sulfonamides is 1. The van der Waals surface area contributed by atoms with E-state index < -0.39 is 40.2 Å². The van der Waals surface area contributed by atoms with Gasteiger partial charge < -0.3 is 15.4 Å². The van der Waals surface area contributed by atoms with Crippen molar-refractivity contribution in [2.45, 2.75) is 24.4 Å². The first kappa shape index (κ1) is 25.8. The second-order valence-electron chi connectivity index (χ2n) is 6.64. The SMILES string of the molecule is CC(=O)Nc1ccc(S(=O)(=O)NCCC(=O)OCC(=O)Nc2ccc(C(F)(F)F)cc2)cc1. The van der Waals surface area contributed by atoms with E-state index in [0.717, 1.165) is 24.3 Å². The van der Waals surface area contributed by atoms with Gasteiger partial charge in [0.1, 0.15) is 0 Å². The lowest BCUT2D eigenvalue weighted by Crippen LogP contribution is -2.28. The Morgan fingerprint density at radius 3 is 2.00 bits per heavy atom. The number of benzene rings is 2. The molecule has 0 bridgehead atoms. The highest BCUT2D eigenvalue weighted by Crippen LogP contribution is 2.29. The third kappa shape index (κ3) is 8.54. The zero-order valence-corrected chi connectivity index (χ0v) is 18.0. The van der Waals surface area contributed by atoms with E-state index in [0.29, 0.717) is 5.69 Å². The smallest absolute Gasteiger partial charge is 0.416 e. The summed E-state index contributed by atoms with van der Waals surface area (Å²) in [4.78, 5) is 34.4. The topological polar surface area (TPSA) is 131 Å². The van der Waals surface area contributed by atoms with E-state index in [1.54, 1.807) is 0 Å². The number of rotatable bonds is 9. The monoisotopic (exact) mass is 487 g/mol. The van der Waals surface area contributed by atoms with Gasteiger partial charge in [-0.05, 0) is 48.5 Å². The van der Waals surface area contributed by atoms with Gasteiger partial charge in [-0.25, -0.2) is 13.1 Å². The molecule has 0 aliphatic carbocycles. The summed E-state index contributed by atoms with van der Waals surface area (Å²) in [5.74, 6) is -1.94. The number of carbonyl (C=O) groups excluding carboxylic acids is 3. The van der Waals surface area contributed by atoms with Gasteiger partial charge in [-0.15, -0.1) is 0 Å². The number of alkyl halides is 3. The van der Waals surface area contributed by atoms with Gasteiger partial charge in [0.25, 0.3) is 5.91 Å². The van der Waals surface area contributed by atoms with E-state index in [9.17, 15) is 36.0 Å². The summed E-state index contributed by atoms with van der Waals surface area (Å²) in [6.07, 6.45) is -4.87. The molecule has 2 amide bonds. The Hall–Kier alpha value is -3.45. The molecular formula is C20H20F3N3O6S. The second-order valence-corrected chi connectivity index (χ2v) is 8.40. The van der Waals surface area contributed by atoms with Crippen LogP contribution in [0.15, 0.2) is 53.4 Å². The van der Waals surface area contributed by atoms with Gasteiger partial charge in [-0.2, -0.15) is 13.2 Å². The lowest BCUT2D eigenvalue weighted by Gasteiger charge is -2.10. The van der Waals surface area contributed by atoms with Crippen molar-refractivity contribution in [2.24, 2.45) is 0 Å². The second kappa shape index (κ2) is 10.9. The maximum absolute atomic E-state index is 12.5. The van der Waals surface area contributed by atoms with E-state index in [1.807, 2.05) is 0 Å². The van der Waals surface area contributed by atoms with Crippen molar-refractivity contribution in [1.29, 1.82) is 0 Å². The Morgan fingerprint density at radius 2 is 1.45 bits per heavy atom. The predicted molar refractivity (Wildman–Crippen MR) is 112 cm³/mol. The molecule has 2 rings (SSSR count).